The van der Waals surface area contributed by atoms with Gasteiger partial charge in [-0.2, -0.15) is 0 Å². The van der Waals surface area contributed by atoms with Crippen LogP contribution in [0.1, 0.15) is 20.8 Å². The second-order valence-corrected chi connectivity index (χ2v) is 4.22. The van der Waals surface area contributed by atoms with Gasteiger partial charge < -0.3 is 14.6 Å². The topological polar surface area (TPSA) is 55.8 Å². The van der Waals surface area contributed by atoms with Gasteiger partial charge in [0.25, 0.3) is 0 Å². The molecule has 2 aliphatic rings. The molecule has 0 saturated carbocycles. The monoisotopic (exact) mass is 198 g/mol. The van der Waals surface area contributed by atoms with Crippen LogP contribution in [0.2, 0.25) is 0 Å². The number of carbonyl (C=O) groups is 1. The van der Waals surface area contributed by atoms with Crippen LogP contribution in [0.3, 0.4) is 0 Å². The Morgan fingerprint density at radius 2 is 2.07 bits per heavy atom. The smallest absolute Gasteiger partial charge is 0.189 e. The summed E-state index contributed by atoms with van der Waals surface area (Å²) in [4.78, 5) is 11.4. The zero-order valence-electron chi connectivity index (χ0n) is 8.48. The summed E-state index contributed by atoms with van der Waals surface area (Å²) in [7, 11) is 0. The SMILES string of the molecule is CC1=C[C@H]2OC(C)(C)O[C@H]2[C@@H](O)C1=O. The minimum Gasteiger partial charge on any atom is -0.382 e. The van der Waals surface area contributed by atoms with Crippen molar-refractivity contribution in [1.82, 2.24) is 0 Å². The Bertz CT molecular complexity index is 305. The molecule has 0 bridgehead atoms. The van der Waals surface area contributed by atoms with Crippen molar-refractivity contribution >= 4 is 5.78 Å². The second kappa shape index (κ2) is 2.89. The van der Waals surface area contributed by atoms with Gasteiger partial charge in [0.2, 0.25) is 0 Å². The molecular weight excluding hydrogens is 184 g/mol. The fraction of sp³-hybridized carbons (Fsp3) is 0.700. The third kappa shape index (κ3) is 1.39. The molecule has 0 unspecified atom stereocenters. The van der Waals surface area contributed by atoms with Crippen LogP contribution in [0.15, 0.2) is 11.6 Å². The van der Waals surface area contributed by atoms with Gasteiger partial charge in [-0.05, 0) is 32.4 Å². The first-order valence-corrected chi connectivity index (χ1v) is 4.67. The van der Waals surface area contributed by atoms with Crippen molar-refractivity contribution < 1.29 is 19.4 Å². The Labute approximate surface area is 82.5 Å². The fourth-order valence-corrected chi connectivity index (χ4v) is 1.90. The maximum atomic E-state index is 11.4. The predicted octanol–water partition coefficient (Wildman–Crippen LogP) is 0.396. The van der Waals surface area contributed by atoms with E-state index in [1.807, 2.05) is 0 Å². The summed E-state index contributed by atoms with van der Waals surface area (Å²) in [5.74, 6) is -0.995. The van der Waals surface area contributed by atoms with Crippen molar-refractivity contribution in [1.29, 1.82) is 0 Å². The third-order valence-corrected chi connectivity index (χ3v) is 2.55. The van der Waals surface area contributed by atoms with Crippen LogP contribution in [0.5, 0.6) is 0 Å². The highest BCUT2D eigenvalue weighted by molar-refractivity contribution is 5.99. The van der Waals surface area contributed by atoms with Crippen LogP contribution >= 0.6 is 0 Å². The van der Waals surface area contributed by atoms with E-state index in [2.05, 4.69) is 0 Å². The summed E-state index contributed by atoms with van der Waals surface area (Å²) in [5.41, 5.74) is 0.542. The van der Waals surface area contributed by atoms with Crippen molar-refractivity contribution in [3.63, 3.8) is 0 Å². The first kappa shape index (κ1) is 9.83. The molecule has 1 aliphatic carbocycles. The number of rotatable bonds is 0. The van der Waals surface area contributed by atoms with Crippen molar-refractivity contribution in [3.05, 3.63) is 11.6 Å². The van der Waals surface area contributed by atoms with E-state index in [0.717, 1.165) is 0 Å². The molecule has 4 heteroatoms. The second-order valence-electron chi connectivity index (χ2n) is 4.22. The van der Waals surface area contributed by atoms with Crippen LogP contribution in [0, 0.1) is 0 Å². The molecule has 3 atom stereocenters. The standard InChI is InChI=1S/C10H14O4/c1-5-4-6-9(8(12)7(5)11)14-10(2,3)13-6/h4,6,8-9,12H,1-3H3/t6-,8+,9-/m1/s1. The Balaban J connectivity index is 2.30. The minimum absolute atomic E-state index is 0.271. The van der Waals surface area contributed by atoms with E-state index in [4.69, 9.17) is 9.47 Å². The number of ether oxygens (including phenoxy) is 2. The van der Waals surface area contributed by atoms with Gasteiger partial charge in [-0.15, -0.1) is 0 Å². The van der Waals surface area contributed by atoms with Gasteiger partial charge in [-0.3, -0.25) is 4.79 Å². The highest BCUT2D eigenvalue weighted by Crippen LogP contribution is 2.34. The van der Waals surface area contributed by atoms with Crippen LogP contribution in [0.25, 0.3) is 0 Å². The van der Waals surface area contributed by atoms with Crippen molar-refractivity contribution in [2.45, 2.75) is 44.9 Å². The lowest BCUT2D eigenvalue weighted by Gasteiger charge is -2.24. The number of Topliss-reactive ketones (excluding diaryl/α,β-unsaturated/α-hetero) is 1. The zero-order chi connectivity index (χ0) is 10.5. The molecule has 0 aromatic carbocycles. The molecule has 4 nitrogen and oxygen atoms in total. The maximum absolute atomic E-state index is 11.4. The first-order valence-electron chi connectivity index (χ1n) is 4.67. The first-order chi connectivity index (χ1) is 6.41. The van der Waals surface area contributed by atoms with Gasteiger partial charge in [-0.25, -0.2) is 0 Å². The Morgan fingerprint density at radius 1 is 1.43 bits per heavy atom. The summed E-state index contributed by atoms with van der Waals surface area (Å²) >= 11 is 0. The van der Waals surface area contributed by atoms with E-state index in [0.29, 0.717) is 5.57 Å². The van der Waals surface area contributed by atoms with Gasteiger partial charge in [0.15, 0.2) is 11.6 Å². The summed E-state index contributed by atoms with van der Waals surface area (Å²) < 4.78 is 11.0. The van der Waals surface area contributed by atoms with E-state index >= 15 is 0 Å². The van der Waals surface area contributed by atoms with Crippen LogP contribution < -0.4 is 0 Å². The molecule has 1 aliphatic heterocycles. The molecule has 0 amide bonds. The molecule has 14 heavy (non-hydrogen) atoms. The van der Waals surface area contributed by atoms with E-state index in [1.165, 1.54) is 0 Å². The number of aliphatic hydroxyl groups is 1. The third-order valence-electron chi connectivity index (χ3n) is 2.55. The Hall–Kier alpha value is -0.710. The molecule has 0 aromatic heterocycles. The number of hydrogen-bond acceptors (Lipinski definition) is 4. The summed E-state index contributed by atoms with van der Waals surface area (Å²) in [5, 5.41) is 9.66. The molecule has 0 spiro atoms. The minimum atomic E-state index is -1.09. The molecule has 1 N–H and O–H groups in total. The molecule has 1 saturated heterocycles. The number of aliphatic hydroxyl groups excluding tert-OH is 1. The van der Waals surface area contributed by atoms with Crippen LogP contribution in [-0.4, -0.2) is 35.0 Å². The van der Waals surface area contributed by atoms with Gasteiger partial charge in [-0.1, -0.05) is 0 Å². The molecule has 1 heterocycles. The van der Waals surface area contributed by atoms with Gasteiger partial charge in [0, 0.05) is 0 Å². The normalized spacial score (nSPS) is 40.7. The summed E-state index contributed by atoms with van der Waals surface area (Å²) in [6.45, 7) is 5.22. The highest BCUT2D eigenvalue weighted by Gasteiger charge is 2.48. The molecule has 0 aromatic rings. The number of ketones is 1. The quantitative estimate of drug-likeness (QED) is 0.612. The van der Waals surface area contributed by atoms with E-state index in [1.54, 1.807) is 26.8 Å². The zero-order valence-corrected chi connectivity index (χ0v) is 8.48. The van der Waals surface area contributed by atoms with Gasteiger partial charge in [0.05, 0.1) is 0 Å². The average molecular weight is 198 g/mol. The van der Waals surface area contributed by atoms with E-state index < -0.39 is 18.0 Å². The number of fused-ring (bicyclic) bond motifs is 1. The lowest BCUT2D eigenvalue weighted by atomic mass is 9.92. The summed E-state index contributed by atoms with van der Waals surface area (Å²) in [6, 6.07) is 0. The number of hydrogen-bond donors (Lipinski definition) is 1. The molecule has 78 valence electrons. The lowest BCUT2D eigenvalue weighted by molar-refractivity contribution is -0.156. The lowest BCUT2D eigenvalue weighted by Crippen LogP contribution is -2.44. The highest BCUT2D eigenvalue weighted by atomic mass is 16.8. The van der Waals surface area contributed by atoms with Crippen molar-refractivity contribution in [2.24, 2.45) is 0 Å². The van der Waals surface area contributed by atoms with Gasteiger partial charge >= 0.3 is 0 Å². The molecule has 2 rings (SSSR count). The fourth-order valence-electron chi connectivity index (χ4n) is 1.90. The molecule has 0 radical (unpaired) electrons. The summed E-state index contributed by atoms with van der Waals surface area (Å²) in [6.07, 6.45) is -0.236. The van der Waals surface area contributed by atoms with E-state index in [-0.39, 0.29) is 11.9 Å². The van der Waals surface area contributed by atoms with Crippen molar-refractivity contribution in [2.75, 3.05) is 0 Å². The maximum Gasteiger partial charge on any atom is 0.189 e. The number of carbonyl (C=O) groups excluding carboxylic acids is 1. The van der Waals surface area contributed by atoms with E-state index in [9.17, 15) is 9.90 Å². The van der Waals surface area contributed by atoms with Crippen LogP contribution in [-0.2, 0) is 14.3 Å². The van der Waals surface area contributed by atoms with Gasteiger partial charge in [0.1, 0.15) is 18.3 Å². The average Bonchev–Trinajstić information content (AvgIpc) is 2.37. The molecule has 1 fully saturated rings. The van der Waals surface area contributed by atoms with Crippen LogP contribution in [0.4, 0.5) is 0 Å². The Morgan fingerprint density at radius 3 is 2.71 bits per heavy atom. The van der Waals surface area contributed by atoms with Crippen molar-refractivity contribution in [3.8, 4) is 0 Å². The largest absolute Gasteiger partial charge is 0.382 e. The predicted molar refractivity (Wildman–Crippen MR) is 48.6 cm³/mol. The Kier molecular flexibility index (Phi) is 2.03. The molecular formula is C10H14O4.